The lowest BCUT2D eigenvalue weighted by Gasteiger charge is -2.31. The van der Waals surface area contributed by atoms with Crippen molar-refractivity contribution in [2.45, 2.75) is 31.9 Å². The van der Waals surface area contributed by atoms with Crippen molar-refractivity contribution < 1.29 is 19.1 Å². The molecule has 2 N–H and O–H groups in total. The SMILES string of the molecule is COc1cccc(CSC2=NC(=O)C(CC(=O)N3CCC(C(N)=O)CC3)C(C)=N2)c1. The van der Waals surface area contributed by atoms with Crippen LogP contribution in [0.1, 0.15) is 31.7 Å². The maximum Gasteiger partial charge on any atom is 0.257 e. The minimum atomic E-state index is -0.632. The van der Waals surface area contributed by atoms with Gasteiger partial charge in [0.15, 0.2) is 5.17 Å². The monoisotopic (exact) mass is 430 g/mol. The highest BCUT2D eigenvalue weighted by molar-refractivity contribution is 8.13. The zero-order chi connectivity index (χ0) is 21.7. The summed E-state index contributed by atoms with van der Waals surface area (Å²) < 4.78 is 5.22. The largest absolute Gasteiger partial charge is 0.497 e. The first kappa shape index (κ1) is 22.0. The van der Waals surface area contributed by atoms with Gasteiger partial charge in [0.25, 0.3) is 5.91 Å². The van der Waals surface area contributed by atoms with E-state index in [2.05, 4.69) is 9.98 Å². The number of hydrogen-bond donors (Lipinski definition) is 1. The molecule has 1 saturated heterocycles. The van der Waals surface area contributed by atoms with Crippen LogP contribution in [0.4, 0.5) is 0 Å². The number of nitrogens with zero attached hydrogens (tertiary/aromatic N) is 3. The lowest BCUT2D eigenvalue weighted by molar-refractivity contribution is -0.136. The number of likely N-dealkylation sites (tertiary alicyclic amines) is 1. The van der Waals surface area contributed by atoms with Crippen LogP contribution in [0.25, 0.3) is 0 Å². The zero-order valence-electron chi connectivity index (χ0n) is 17.2. The number of carbonyl (C=O) groups is 3. The molecule has 2 aliphatic rings. The molecule has 1 fully saturated rings. The predicted molar refractivity (Wildman–Crippen MR) is 116 cm³/mol. The van der Waals surface area contributed by atoms with Gasteiger partial charge < -0.3 is 15.4 Å². The fourth-order valence-electron chi connectivity index (χ4n) is 3.53. The molecule has 0 spiro atoms. The average molecular weight is 431 g/mol. The van der Waals surface area contributed by atoms with E-state index in [0.717, 1.165) is 11.3 Å². The Hall–Kier alpha value is -2.68. The van der Waals surface area contributed by atoms with Gasteiger partial charge in [0.2, 0.25) is 11.8 Å². The van der Waals surface area contributed by atoms with E-state index in [1.54, 1.807) is 18.9 Å². The van der Waals surface area contributed by atoms with E-state index in [1.165, 1.54) is 11.8 Å². The fourth-order valence-corrected chi connectivity index (χ4v) is 4.37. The Morgan fingerprint density at radius 3 is 2.63 bits per heavy atom. The molecule has 160 valence electrons. The Bertz CT molecular complexity index is 891. The number of amides is 3. The average Bonchev–Trinajstić information content (AvgIpc) is 2.75. The van der Waals surface area contributed by atoms with Crippen LogP contribution >= 0.6 is 11.8 Å². The number of nitrogens with two attached hydrogens (primary N) is 1. The van der Waals surface area contributed by atoms with Gasteiger partial charge in [-0.05, 0) is 37.5 Å². The zero-order valence-corrected chi connectivity index (χ0v) is 18.0. The second-order valence-corrected chi connectivity index (χ2v) is 8.38. The van der Waals surface area contributed by atoms with Gasteiger partial charge in [-0.3, -0.25) is 14.4 Å². The van der Waals surface area contributed by atoms with E-state index in [0.29, 0.717) is 42.6 Å². The number of aliphatic imine (C=N–C) groups is 2. The number of methoxy groups -OCH3 is 1. The van der Waals surface area contributed by atoms with Crippen LogP contribution in [-0.2, 0) is 20.1 Å². The lowest BCUT2D eigenvalue weighted by Crippen LogP contribution is -2.43. The van der Waals surface area contributed by atoms with Crippen molar-refractivity contribution >= 4 is 40.4 Å². The second kappa shape index (κ2) is 9.88. The van der Waals surface area contributed by atoms with Gasteiger partial charge in [-0.1, -0.05) is 23.9 Å². The lowest BCUT2D eigenvalue weighted by atomic mass is 9.94. The number of carbonyl (C=O) groups excluding carboxylic acids is 3. The summed E-state index contributed by atoms with van der Waals surface area (Å²) >= 11 is 1.38. The number of ether oxygens (including phenoxy) is 1. The van der Waals surface area contributed by atoms with Crippen molar-refractivity contribution in [2.24, 2.45) is 27.6 Å². The molecule has 0 radical (unpaired) electrons. The van der Waals surface area contributed by atoms with Crippen molar-refractivity contribution in [1.82, 2.24) is 4.90 Å². The van der Waals surface area contributed by atoms with Gasteiger partial charge in [0.05, 0.1) is 13.0 Å². The summed E-state index contributed by atoms with van der Waals surface area (Å²) in [7, 11) is 1.62. The normalized spacial score (nSPS) is 19.9. The maximum atomic E-state index is 12.6. The van der Waals surface area contributed by atoms with E-state index < -0.39 is 5.92 Å². The molecule has 8 nitrogen and oxygen atoms in total. The van der Waals surface area contributed by atoms with Crippen LogP contribution in [0.15, 0.2) is 34.3 Å². The van der Waals surface area contributed by atoms with Crippen LogP contribution in [0.3, 0.4) is 0 Å². The molecule has 9 heteroatoms. The van der Waals surface area contributed by atoms with Crippen LogP contribution in [0, 0.1) is 11.8 Å². The molecule has 3 rings (SSSR count). The maximum absolute atomic E-state index is 12.6. The van der Waals surface area contributed by atoms with Gasteiger partial charge in [0.1, 0.15) is 5.75 Å². The van der Waals surface area contributed by atoms with Crippen LogP contribution in [-0.4, -0.2) is 53.7 Å². The highest BCUT2D eigenvalue weighted by Crippen LogP contribution is 2.24. The van der Waals surface area contributed by atoms with E-state index >= 15 is 0 Å². The van der Waals surface area contributed by atoms with Crippen molar-refractivity contribution in [2.75, 3.05) is 20.2 Å². The van der Waals surface area contributed by atoms with Crippen LogP contribution < -0.4 is 10.5 Å². The molecule has 30 heavy (non-hydrogen) atoms. The molecule has 1 aromatic carbocycles. The second-order valence-electron chi connectivity index (χ2n) is 7.44. The van der Waals surface area contributed by atoms with Crippen LogP contribution in [0.5, 0.6) is 5.75 Å². The molecule has 1 unspecified atom stereocenters. The van der Waals surface area contributed by atoms with Crippen molar-refractivity contribution in [3.05, 3.63) is 29.8 Å². The number of piperidine rings is 1. The van der Waals surface area contributed by atoms with Gasteiger partial charge in [-0.25, -0.2) is 4.99 Å². The molecule has 0 saturated carbocycles. The summed E-state index contributed by atoms with van der Waals surface area (Å²) in [5, 5.41) is 0.409. The molecule has 2 heterocycles. The first-order chi connectivity index (χ1) is 14.4. The molecule has 1 aromatic rings. The molecule has 3 amide bonds. The fraction of sp³-hybridized carbons (Fsp3) is 0.476. The third-order valence-electron chi connectivity index (χ3n) is 5.41. The van der Waals surface area contributed by atoms with Gasteiger partial charge in [-0.2, -0.15) is 4.99 Å². The Balaban J connectivity index is 1.54. The topological polar surface area (TPSA) is 114 Å². The number of rotatable bonds is 6. The predicted octanol–water partition coefficient (Wildman–Crippen LogP) is 2.02. The van der Waals surface area contributed by atoms with E-state index in [9.17, 15) is 14.4 Å². The molecular weight excluding hydrogens is 404 g/mol. The first-order valence-corrected chi connectivity index (χ1v) is 10.9. The smallest absolute Gasteiger partial charge is 0.257 e. The summed E-state index contributed by atoms with van der Waals surface area (Å²) in [6, 6.07) is 7.68. The summed E-state index contributed by atoms with van der Waals surface area (Å²) in [5.74, 6) is -0.202. The Morgan fingerprint density at radius 2 is 2.00 bits per heavy atom. The number of hydrogen-bond acceptors (Lipinski definition) is 6. The van der Waals surface area contributed by atoms with E-state index in [1.807, 2.05) is 24.3 Å². The van der Waals surface area contributed by atoms with E-state index in [-0.39, 0.29) is 30.1 Å². The minimum absolute atomic E-state index is 0.0483. The van der Waals surface area contributed by atoms with Gasteiger partial charge in [-0.15, -0.1) is 0 Å². The van der Waals surface area contributed by atoms with Crippen molar-refractivity contribution in [3.63, 3.8) is 0 Å². The Morgan fingerprint density at radius 1 is 1.27 bits per heavy atom. The van der Waals surface area contributed by atoms with Gasteiger partial charge in [0, 0.05) is 36.9 Å². The summed E-state index contributed by atoms with van der Waals surface area (Å²) in [6.07, 6.45) is 1.18. The van der Waals surface area contributed by atoms with E-state index in [4.69, 9.17) is 10.5 Å². The standard InChI is InChI=1S/C21H26N4O4S/c1-13-17(11-18(26)25-8-6-15(7-9-25)19(22)27)20(28)24-21(23-13)30-12-14-4-3-5-16(10-14)29-2/h3-5,10,15,17H,6-9,11-12H2,1-2H3,(H2,22,27). The Labute approximate surface area is 180 Å². The molecule has 1 atom stereocenters. The molecule has 0 aliphatic carbocycles. The number of thioether (sulfide) groups is 1. The highest BCUT2D eigenvalue weighted by atomic mass is 32.2. The van der Waals surface area contributed by atoms with Crippen molar-refractivity contribution in [3.8, 4) is 5.75 Å². The minimum Gasteiger partial charge on any atom is -0.497 e. The summed E-state index contributed by atoms with van der Waals surface area (Å²) in [6.45, 7) is 2.72. The third kappa shape index (κ3) is 5.47. The van der Waals surface area contributed by atoms with Gasteiger partial charge >= 0.3 is 0 Å². The Kier molecular flexibility index (Phi) is 7.25. The van der Waals surface area contributed by atoms with Crippen molar-refractivity contribution in [1.29, 1.82) is 0 Å². The molecule has 0 aromatic heterocycles. The summed E-state index contributed by atoms with van der Waals surface area (Å²) in [5.41, 5.74) is 6.98. The molecular formula is C21H26N4O4S. The third-order valence-corrected chi connectivity index (χ3v) is 6.33. The number of benzene rings is 1. The quantitative estimate of drug-likeness (QED) is 0.741. The summed E-state index contributed by atoms with van der Waals surface area (Å²) in [4.78, 5) is 46.7. The first-order valence-electron chi connectivity index (χ1n) is 9.88. The number of primary amides is 1. The number of amidine groups is 1. The van der Waals surface area contributed by atoms with Crippen LogP contribution in [0.2, 0.25) is 0 Å². The molecule has 2 aliphatic heterocycles. The molecule has 0 bridgehead atoms. The highest BCUT2D eigenvalue weighted by Gasteiger charge is 2.32.